The first kappa shape index (κ1) is 12.3. The maximum atomic E-state index is 10.8. The second-order valence-corrected chi connectivity index (χ2v) is 3.95. The maximum Gasteiger partial charge on any atom is 0.339 e. The number of hydrogen-bond acceptors (Lipinski definition) is 5. The van der Waals surface area contributed by atoms with Crippen LogP contribution in [-0.4, -0.2) is 25.8 Å². The van der Waals surface area contributed by atoms with E-state index in [4.69, 9.17) is 9.52 Å². The predicted octanol–water partition coefficient (Wildman–Crippen LogP) is 0.705. The van der Waals surface area contributed by atoms with Crippen molar-refractivity contribution in [1.29, 1.82) is 0 Å². The molecule has 2 aromatic heterocycles. The lowest BCUT2D eigenvalue weighted by atomic mass is 10.2. The Bertz CT molecular complexity index is 558. The van der Waals surface area contributed by atoms with Crippen molar-refractivity contribution in [2.24, 2.45) is 7.05 Å². The summed E-state index contributed by atoms with van der Waals surface area (Å²) < 4.78 is 7.15. The van der Waals surface area contributed by atoms with Gasteiger partial charge in [-0.05, 0) is 13.0 Å². The van der Waals surface area contributed by atoms with Crippen LogP contribution in [0.15, 0.2) is 16.8 Å². The van der Waals surface area contributed by atoms with Gasteiger partial charge < -0.3 is 19.4 Å². The molecule has 0 fully saturated rings. The first-order valence-corrected chi connectivity index (χ1v) is 5.44. The lowest BCUT2D eigenvalue weighted by Gasteiger charge is -2.01. The van der Waals surface area contributed by atoms with Crippen LogP contribution in [0.25, 0.3) is 0 Å². The van der Waals surface area contributed by atoms with Crippen molar-refractivity contribution in [3.63, 3.8) is 0 Å². The van der Waals surface area contributed by atoms with Gasteiger partial charge in [-0.15, -0.1) is 10.2 Å². The number of carbonyl (C=O) groups is 1. The monoisotopic (exact) mass is 250 g/mol. The number of nitrogens with one attached hydrogen (secondary N) is 1. The Kier molecular flexibility index (Phi) is 3.42. The van der Waals surface area contributed by atoms with Crippen LogP contribution in [0.1, 0.15) is 27.7 Å². The third-order valence-corrected chi connectivity index (χ3v) is 2.59. The summed E-state index contributed by atoms with van der Waals surface area (Å²) in [6.45, 7) is 2.62. The fourth-order valence-electron chi connectivity index (χ4n) is 1.61. The lowest BCUT2D eigenvalue weighted by molar-refractivity contribution is 0.0695. The Morgan fingerprint density at radius 3 is 2.89 bits per heavy atom. The standard InChI is InChI=1S/C11H14N4O3/c1-7-9(11(16)17)3-8(18-7)4-12-5-10-14-13-6-15(10)2/h3,6,12H,4-5H2,1-2H3,(H,16,17). The summed E-state index contributed by atoms with van der Waals surface area (Å²) in [4.78, 5) is 10.8. The van der Waals surface area contributed by atoms with Gasteiger partial charge in [-0.25, -0.2) is 4.79 Å². The molecule has 2 aromatic rings. The Balaban J connectivity index is 1.93. The Labute approximate surface area is 103 Å². The summed E-state index contributed by atoms with van der Waals surface area (Å²) in [6.07, 6.45) is 1.62. The quantitative estimate of drug-likeness (QED) is 0.811. The van der Waals surface area contributed by atoms with E-state index in [0.717, 1.165) is 5.82 Å². The highest BCUT2D eigenvalue weighted by Gasteiger charge is 2.13. The molecule has 0 amide bonds. The van der Waals surface area contributed by atoms with E-state index in [0.29, 0.717) is 24.6 Å². The number of carboxylic acids is 1. The Morgan fingerprint density at radius 2 is 2.33 bits per heavy atom. The van der Waals surface area contributed by atoms with Gasteiger partial charge in [0.1, 0.15) is 29.2 Å². The summed E-state index contributed by atoms with van der Waals surface area (Å²) in [7, 11) is 1.86. The smallest absolute Gasteiger partial charge is 0.339 e. The molecule has 2 heterocycles. The summed E-state index contributed by atoms with van der Waals surface area (Å²) >= 11 is 0. The molecular weight excluding hydrogens is 236 g/mol. The van der Waals surface area contributed by atoms with Crippen molar-refractivity contribution >= 4 is 5.97 Å². The molecule has 0 aliphatic heterocycles. The van der Waals surface area contributed by atoms with Crippen molar-refractivity contribution in [3.05, 3.63) is 35.3 Å². The number of nitrogens with zero attached hydrogens (tertiary/aromatic N) is 3. The zero-order chi connectivity index (χ0) is 13.1. The highest BCUT2D eigenvalue weighted by molar-refractivity contribution is 5.88. The van der Waals surface area contributed by atoms with Crippen molar-refractivity contribution in [1.82, 2.24) is 20.1 Å². The number of aromatic carboxylic acids is 1. The van der Waals surface area contributed by atoms with E-state index >= 15 is 0 Å². The molecule has 0 aliphatic rings. The zero-order valence-electron chi connectivity index (χ0n) is 10.2. The number of hydrogen-bond donors (Lipinski definition) is 2. The molecule has 0 atom stereocenters. The minimum atomic E-state index is -0.976. The molecule has 2 N–H and O–H groups in total. The molecule has 0 bridgehead atoms. The minimum Gasteiger partial charge on any atom is -0.478 e. The first-order chi connectivity index (χ1) is 8.58. The molecule has 0 radical (unpaired) electrons. The fraction of sp³-hybridized carbons (Fsp3) is 0.364. The van der Waals surface area contributed by atoms with E-state index in [1.165, 1.54) is 6.07 Å². The molecule has 2 rings (SSSR count). The second-order valence-electron chi connectivity index (χ2n) is 3.95. The van der Waals surface area contributed by atoms with E-state index in [1.54, 1.807) is 13.3 Å². The predicted molar refractivity (Wildman–Crippen MR) is 62.0 cm³/mol. The molecule has 96 valence electrons. The van der Waals surface area contributed by atoms with Crippen LogP contribution in [0.5, 0.6) is 0 Å². The number of furan rings is 1. The van der Waals surface area contributed by atoms with Gasteiger partial charge in [-0.3, -0.25) is 0 Å². The number of aromatic nitrogens is 3. The highest BCUT2D eigenvalue weighted by atomic mass is 16.4. The van der Waals surface area contributed by atoms with E-state index in [1.807, 2.05) is 11.6 Å². The topological polar surface area (TPSA) is 93.2 Å². The average molecular weight is 250 g/mol. The summed E-state index contributed by atoms with van der Waals surface area (Å²) in [6, 6.07) is 1.53. The number of rotatable bonds is 5. The van der Waals surface area contributed by atoms with Gasteiger partial charge in [-0.1, -0.05) is 0 Å². The van der Waals surface area contributed by atoms with Crippen molar-refractivity contribution in [2.45, 2.75) is 20.0 Å². The van der Waals surface area contributed by atoms with Crippen LogP contribution < -0.4 is 5.32 Å². The van der Waals surface area contributed by atoms with Crippen molar-refractivity contribution in [3.8, 4) is 0 Å². The van der Waals surface area contributed by atoms with Gasteiger partial charge in [0.15, 0.2) is 0 Å². The van der Waals surface area contributed by atoms with Crippen LogP contribution in [0.2, 0.25) is 0 Å². The Morgan fingerprint density at radius 1 is 1.56 bits per heavy atom. The van der Waals surface area contributed by atoms with E-state index in [-0.39, 0.29) is 5.56 Å². The molecule has 7 nitrogen and oxygen atoms in total. The minimum absolute atomic E-state index is 0.199. The fourth-order valence-corrected chi connectivity index (χ4v) is 1.61. The SMILES string of the molecule is Cc1oc(CNCc2nncn2C)cc1C(=O)O. The number of aryl methyl sites for hydroxylation is 2. The van der Waals surface area contributed by atoms with Gasteiger partial charge in [-0.2, -0.15) is 0 Å². The Hall–Kier alpha value is -2.15. The molecule has 0 unspecified atom stereocenters. The summed E-state index contributed by atoms with van der Waals surface area (Å²) in [5.41, 5.74) is 0.199. The van der Waals surface area contributed by atoms with Crippen LogP contribution in [0, 0.1) is 6.92 Å². The van der Waals surface area contributed by atoms with Gasteiger partial charge >= 0.3 is 5.97 Å². The molecule has 0 saturated heterocycles. The molecule has 0 aliphatic carbocycles. The van der Waals surface area contributed by atoms with Gasteiger partial charge in [0.25, 0.3) is 0 Å². The van der Waals surface area contributed by atoms with E-state index in [2.05, 4.69) is 15.5 Å². The highest BCUT2D eigenvalue weighted by Crippen LogP contribution is 2.14. The van der Waals surface area contributed by atoms with Gasteiger partial charge in [0.2, 0.25) is 0 Å². The molecule has 0 aromatic carbocycles. The third-order valence-electron chi connectivity index (χ3n) is 2.59. The largest absolute Gasteiger partial charge is 0.478 e. The van der Waals surface area contributed by atoms with Crippen LogP contribution in [-0.2, 0) is 20.1 Å². The average Bonchev–Trinajstić information content (AvgIpc) is 2.86. The van der Waals surface area contributed by atoms with Crippen molar-refractivity contribution < 1.29 is 14.3 Å². The summed E-state index contributed by atoms with van der Waals surface area (Å²) in [5, 5.41) is 19.7. The second kappa shape index (κ2) is 5.01. The maximum absolute atomic E-state index is 10.8. The molecule has 0 spiro atoms. The first-order valence-electron chi connectivity index (χ1n) is 5.44. The lowest BCUT2D eigenvalue weighted by Crippen LogP contribution is -2.15. The molecular formula is C11H14N4O3. The molecule has 0 saturated carbocycles. The van der Waals surface area contributed by atoms with E-state index in [9.17, 15) is 4.79 Å². The summed E-state index contributed by atoms with van der Waals surface area (Å²) in [5.74, 6) is 0.831. The normalized spacial score (nSPS) is 10.8. The van der Waals surface area contributed by atoms with Crippen molar-refractivity contribution in [2.75, 3.05) is 0 Å². The van der Waals surface area contributed by atoms with Gasteiger partial charge in [0.05, 0.1) is 13.1 Å². The van der Waals surface area contributed by atoms with Gasteiger partial charge in [0, 0.05) is 7.05 Å². The van der Waals surface area contributed by atoms with E-state index < -0.39 is 5.97 Å². The van der Waals surface area contributed by atoms with Crippen LogP contribution in [0.4, 0.5) is 0 Å². The third kappa shape index (κ3) is 2.57. The van der Waals surface area contributed by atoms with Crippen LogP contribution in [0.3, 0.4) is 0 Å². The number of carboxylic acid groups (broad SMARTS) is 1. The molecule has 7 heteroatoms. The molecule has 18 heavy (non-hydrogen) atoms. The zero-order valence-corrected chi connectivity index (χ0v) is 10.2. The van der Waals surface area contributed by atoms with Crippen LogP contribution >= 0.6 is 0 Å².